The maximum Gasteiger partial charge on any atom is 0.342 e. The number of carbonyl (C=O) groups is 3. The van der Waals surface area contributed by atoms with Crippen LogP contribution in [0.15, 0.2) is 18.2 Å². The molecule has 0 radical (unpaired) electrons. The number of benzene rings is 1. The van der Waals surface area contributed by atoms with Gasteiger partial charge in [-0.05, 0) is 30.9 Å². The van der Waals surface area contributed by atoms with Crippen LogP contribution in [0.5, 0.6) is 11.5 Å². The van der Waals surface area contributed by atoms with Crippen LogP contribution < -0.4 is 20.1 Å². The summed E-state index contributed by atoms with van der Waals surface area (Å²) in [7, 11) is 2.91. The smallest absolute Gasteiger partial charge is 0.342 e. The number of rotatable bonds is 6. The minimum atomic E-state index is -0.731. The lowest BCUT2D eigenvalue weighted by molar-refractivity contribution is -0.123. The number of imide groups is 1. The van der Waals surface area contributed by atoms with Gasteiger partial charge in [-0.3, -0.25) is 10.1 Å². The SMILES string of the molecule is COc1ccc(C(=O)OCC(=O)NC(=O)N[C@H]2CCCC[C@@H]2C)c(OC)c1. The van der Waals surface area contributed by atoms with Gasteiger partial charge in [0.1, 0.15) is 17.1 Å². The Kier molecular flexibility index (Phi) is 7.45. The zero-order valence-electron chi connectivity index (χ0n) is 15.9. The highest BCUT2D eigenvalue weighted by molar-refractivity contribution is 5.98. The fourth-order valence-electron chi connectivity index (χ4n) is 3.07. The summed E-state index contributed by atoms with van der Waals surface area (Å²) in [6.45, 7) is 1.51. The van der Waals surface area contributed by atoms with Crippen LogP contribution in [0, 0.1) is 5.92 Å². The van der Waals surface area contributed by atoms with Crippen molar-refractivity contribution in [3.05, 3.63) is 23.8 Å². The lowest BCUT2D eigenvalue weighted by Crippen LogP contribution is -2.48. The van der Waals surface area contributed by atoms with E-state index in [9.17, 15) is 14.4 Å². The first-order chi connectivity index (χ1) is 12.9. The Morgan fingerprint density at radius 1 is 1.11 bits per heavy atom. The largest absolute Gasteiger partial charge is 0.497 e. The first kappa shape index (κ1) is 20.5. The van der Waals surface area contributed by atoms with E-state index in [1.54, 1.807) is 6.07 Å². The van der Waals surface area contributed by atoms with Gasteiger partial charge in [0.05, 0.1) is 14.2 Å². The van der Waals surface area contributed by atoms with Gasteiger partial charge in [0.2, 0.25) is 0 Å². The number of esters is 1. The molecule has 8 heteroatoms. The van der Waals surface area contributed by atoms with Gasteiger partial charge in [-0.15, -0.1) is 0 Å². The first-order valence-corrected chi connectivity index (χ1v) is 8.94. The van der Waals surface area contributed by atoms with E-state index in [0.29, 0.717) is 11.7 Å². The van der Waals surface area contributed by atoms with Crippen molar-refractivity contribution in [2.24, 2.45) is 5.92 Å². The van der Waals surface area contributed by atoms with Crippen LogP contribution in [0.25, 0.3) is 0 Å². The predicted octanol–water partition coefficient (Wildman–Crippen LogP) is 2.27. The quantitative estimate of drug-likeness (QED) is 0.736. The third-order valence-electron chi connectivity index (χ3n) is 4.64. The van der Waals surface area contributed by atoms with E-state index in [0.717, 1.165) is 25.7 Å². The zero-order chi connectivity index (χ0) is 19.8. The molecule has 1 saturated carbocycles. The lowest BCUT2D eigenvalue weighted by Gasteiger charge is -2.29. The van der Waals surface area contributed by atoms with Gasteiger partial charge in [0, 0.05) is 12.1 Å². The van der Waals surface area contributed by atoms with Crippen LogP contribution in [0.4, 0.5) is 4.79 Å². The minimum Gasteiger partial charge on any atom is -0.497 e. The van der Waals surface area contributed by atoms with Gasteiger partial charge in [-0.1, -0.05) is 19.8 Å². The molecule has 3 amide bonds. The highest BCUT2D eigenvalue weighted by Gasteiger charge is 2.23. The molecule has 0 saturated heterocycles. The minimum absolute atomic E-state index is 0.0534. The summed E-state index contributed by atoms with van der Waals surface area (Å²) in [5.41, 5.74) is 0.159. The van der Waals surface area contributed by atoms with E-state index >= 15 is 0 Å². The number of carbonyl (C=O) groups excluding carboxylic acids is 3. The van der Waals surface area contributed by atoms with Gasteiger partial charge >= 0.3 is 12.0 Å². The molecule has 1 aliphatic rings. The maximum absolute atomic E-state index is 12.2. The molecule has 1 aromatic rings. The summed E-state index contributed by atoms with van der Waals surface area (Å²) in [5, 5.41) is 4.99. The fourth-order valence-corrected chi connectivity index (χ4v) is 3.07. The first-order valence-electron chi connectivity index (χ1n) is 8.94. The Bertz CT molecular complexity index is 691. The summed E-state index contributed by atoms with van der Waals surface area (Å²) < 4.78 is 15.2. The number of nitrogens with one attached hydrogen (secondary N) is 2. The van der Waals surface area contributed by atoms with E-state index in [1.807, 2.05) is 0 Å². The summed E-state index contributed by atoms with van der Waals surface area (Å²) in [6.07, 6.45) is 4.17. The van der Waals surface area contributed by atoms with Crippen molar-refractivity contribution < 1.29 is 28.6 Å². The van der Waals surface area contributed by atoms with Crippen molar-refractivity contribution in [3.8, 4) is 11.5 Å². The van der Waals surface area contributed by atoms with E-state index in [2.05, 4.69) is 17.6 Å². The van der Waals surface area contributed by atoms with Gasteiger partial charge in [0.25, 0.3) is 5.91 Å². The Labute approximate surface area is 158 Å². The van der Waals surface area contributed by atoms with Crippen LogP contribution in [0.1, 0.15) is 43.0 Å². The second kappa shape index (κ2) is 9.80. The van der Waals surface area contributed by atoms with Crippen LogP contribution >= 0.6 is 0 Å². The van der Waals surface area contributed by atoms with Gasteiger partial charge in [0.15, 0.2) is 6.61 Å². The molecule has 2 atom stereocenters. The molecule has 2 rings (SSSR count). The molecular formula is C19H26N2O6. The van der Waals surface area contributed by atoms with E-state index in [1.165, 1.54) is 26.4 Å². The number of ether oxygens (including phenoxy) is 3. The van der Waals surface area contributed by atoms with Crippen molar-refractivity contribution in [2.75, 3.05) is 20.8 Å². The Morgan fingerprint density at radius 2 is 1.85 bits per heavy atom. The monoisotopic (exact) mass is 378 g/mol. The molecule has 0 heterocycles. The third kappa shape index (κ3) is 5.87. The summed E-state index contributed by atoms with van der Waals surface area (Å²) in [6, 6.07) is 4.08. The molecule has 0 unspecified atom stereocenters. The molecule has 1 aliphatic carbocycles. The molecule has 0 bridgehead atoms. The summed E-state index contributed by atoms with van der Waals surface area (Å²) in [4.78, 5) is 36.0. The molecule has 1 aromatic carbocycles. The maximum atomic E-state index is 12.2. The average molecular weight is 378 g/mol. The molecular weight excluding hydrogens is 352 g/mol. The fraction of sp³-hybridized carbons (Fsp3) is 0.526. The van der Waals surface area contributed by atoms with Crippen molar-refractivity contribution in [3.63, 3.8) is 0 Å². The highest BCUT2D eigenvalue weighted by atomic mass is 16.5. The Balaban J connectivity index is 1.82. The number of hydrogen-bond donors (Lipinski definition) is 2. The van der Waals surface area contributed by atoms with Crippen molar-refractivity contribution in [2.45, 2.75) is 38.6 Å². The topological polar surface area (TPSA) is 103 Å². The molecule has 0 spiro atoms. The predicted molar refractivity (Wildman–Crippen MR) is 97.9 cm³/mol. The standard InChI is InChI=1S/C19H26N2O6/c1-12-6-4-5-7-15(12)20-19(24)21-17(22)11-27-18(23)14-9-8-13(25-2)10-16(14)26-3/h8-10,12,15H,4-7,11H2,1-3H3,(H2,20,21,22,24)/t12-,15-/m0/s1. The van der Waals surface area contributed by atoms with Crippen LogP contribution in [-0.2, 0) is 9.53 Å². The molecule has 0 aliphatic heterocycles. The van der Waals surface area contributed by atoms with Gasteiger partial charge < -0.3 is 19.5 Å². The lowest BCUT2D eigenvalue weighted by atomic mass is 9.86. The highest BCUT2D eigenvalue weighted by Crippen LogP contribution is 2.25. The third-order valence-corrected chi connectivity index (χ3v) is 4.64. The van der Waals surface area contributed by atoms with Gasteiger partial charge in [-0.2, -0.15) is 0 Å². The molecule has 8 nitrogen and oxygen atoms in total. The van der Waals surface area contributed by atoms with Gasteiger partial charge in [-0.25, -0.2) is 9.59 Å². The molecule has 1 fully saturated rings. The second-order valence-electron chi connectivity index (χ2n) is 6.53. The number of amides is 3. The van der Waals surface area contributed by atoms with Crippen molar-refractivity contribution in [1.29, 1.82) is 0 Å². The number of urea groups is 1. The molecule has 27 heavy (non-hydrogen) atoms. The van der Waals surface area contributed by atoms with Crippen LogP contribution in [0.2, 0.25) is 0 Å². The Morgan fingerprint density at radius 3 is 2.52 bits per heavy atom. The molecule has 0 aromatic heterocycles. The zero-order valence-corrected chi connectivity index (χ0v) is 15.9. The molecule has 148 valence electrons. The normalized spacial score (nSPS) is 18.9. The number of hydrogen-bond acceptors (Lipinski definition) is 6. The number of methoxy groups -OCH3 is 2. The van der Waals surface area contributed by atoms with E-state index in [-0.39, 0.29) is 17.4 Å². The second-order valence-corrected chi connectivity index (χ2v) is 6.53. The van der Waals surface area contributed by atoms with Crippen molar-refractivity contribution >= 4 is 17.9 Å². The van der Waals surface area contributed by atoms with E-state index < -0.39 is 24.5 Å². The molecule has 2 N–H and O–H groups in total. The van der Waals surface area contributed by atoms with Crippen LogP contribution in [0.3, 0.4) is 0 Å². The van der Waals surface area contributed by atoms with Crippen LogP contribution in [-0.4, -0.2) is 44.8 Å². The summed E-state index contributed by atoms with van der Waals surface area (Å²) >= 11 is 0. The average Bonchev–Trinajstić information content (AvgIpc) is 2.67. The Hall–Kier alpha value is -2.77. The van der Waals surface area contributed by atoms with Crippen molar-refractivity contribution in [1.82, 2.24) is 10.6 Å². The summed E-state index contributed by atoms with van der Waals surface area (Å²) in [5.74, 6) is -0.263. The van der Waals surface area contributed by atoms with E-state index in [4.69, 9.17) is 14.2 Å².